The Morgan fingerprint density at radius 1 is 0.333 bits per heavy atom. The fraction of sp³-hybridized carbons (Fsp3) is 0.607. The van der Waals surface area contributed by atoms with Gasteiger partial charge in [-0.1, -0.05) is 299 Å². The molecule has 0 radical (unpaired) electrons. The lowest BCUT2D eigenvalue weighted by Crippen LogP contribution is -2.40. The highest BCUT2D eigenvalue weighted by Gasteiger charge is 2.25. The molecule has 0 amide bonds. The highest BCUT2D eigenvalue weighted by molar-refractivity contribution is 5.71. The summed E-state index contributed by atoms with van der Waals surface area (Å²) in [6.07, 6.45) is 107. The summed E-state index contributed by atoms with van der Waals surface area (Å²) in [6.45, 7) is 4.69. The number of rotatable bonds is 66. The molecule has 0 saturated carbocycles. The average molecular weight is 1290 g/mol. The van der Waals surface area contributed by atoms with Gasteiger partial charge in [0.2, 0.25) is 0 Å². The number of esters is 2. The molecule has 0 aromatic heterocycles. The summed E-state index contributed by atoms with van der Waals surface area (Å²) in [5.74, 6) is -2.08. The van der Waals surface area contributed by atoms with Gasteiger partial charge < -0.3 is 28.5 Å². The Bertz CT molecular complexity index is 2190. The minimum atomic E-state index is -1.54. The lowest BCUT2D eigenvalue weighted by atomic mass is 10.0. The van der Waals surface area contributed by atoms with Gasteiger partial charge in [-0.05, 0) is 141 Å². The van der Waals surface area contributed by atoms with E-state index in [1.165, 1.54) is 116 Å². The molecule has 0 aliphatic carbocycles. The van der Waals surface area contributed by atoms with Crippen LogP contribution in [0.15, 0.2) is 182 Å². The molecule has 0 aliphatic rings. The fourth-order valence-corrected chi connectivity index (χ4v) is 9.53. The molecule has 0 aromatic carbocycles. The van der Waals surface area contributed by atoms with E-state index in [1.807, 2.05) is 21.1 Å². The molecule has 2 atom stereocenters. The van der Waals surface area contributed by atoms with Gasteiger partial charge in [0.05, 0.1) is 34.4 Å². The summed E-state index contributed by atoms with van der Waals surface area (Å²) in [6, 6.07) is 0. The van der Waals surface area contributed by atoms with Gasteiger partial charge in [0.25, 0.3) is 6.29 Å². The molecular weight excluding hydrogens is 1150 g/mol. The van der Waals surface area contributed by atoms with Crippen molar-refractivity contribution in [2.24, 2.45) is 0 Å². The van der Waals surface area contributed by atoms with E-state index in [0.717, 1.165) is 122 Å². The number of carboxylic acid groups (broad SMARTS) is 1. The van der Waals surface area contributed by atoms with Crippen molar-refractivity contribution in [1.82, 2.24) is 0 Å². The Morgan fingerprint density at radius 3 is 0.935 bits per heavy atom. The highest BCUT2D eigenvalue weighted by atomic mass is 16.7. The second-order valence-corrected chi connectivity index (χ2v) is 25.2. The van der Waals surface area contributed by atoms with Gasteiger partial charge >= 0.3 is 17.9 Å². The average Bonchev–Trinajstić information content (AvgIpc) is 3.38. The number of hydrogen-bond donors (Lipinski definition) is 1. The van der Waals surface area contributed by atoms with Gasteiger partial charge in [0.1, 0.15) is 13.2 Å². The van der Waals surface area contributed by atoms with Crippen LogP contribution in [0.1, 0.15) is 271 Å². The van der Waals surface area contributed by atoms with Crippen LogP contribution < -0.4 is 0 Å². The number of unbranched alkanes of at least 4 members (excludes halogenated alkanes) is 21. The third kappa shape index (κ3) is 73.7. The number of carbonyl (C=O) groups is 3. The van der Waals surface area contributed by atoms with Gasteiger partial charge in [0.15, 0.2) is 6.10 Å². The van der Waals surface area contributed by atoms with Crippen LogP contribution in [0, 0.1) is 0 Å². The van der Waals surface area contributed by atoms with E-state index in [4.69, 9.17) is 18.9 Å². The molecule has 0 rings (SSSR count). The summed E-state index contributed by atoms with van der Waals surface area (Å²) in [5, 5.41) is 9.75. The number of likely N-dealkylation sites (N-methyl/N-ethyl adjacent to an activating group) is 1. The highest BCUT2D eigenvalue weighted by Crippen LogP contribution is 2.16. The zero-order valence-corrected chi connectivity index (χ0v) is 59.8. The maximum atomic E-state index is 12.9. The first kappa shape index (κ1) is 87.4. The lowest BCUT2D eigenvalue weighted by molar-refractivity contribution is -0.870. The minimum absolute atomic E-state index is 0.170. The van der Waals surface area contributed by atoms with E-state index >= 15 is 0 Å². The number of carboxylic acids is 1. The molecule has 2 unspecified atom stereocenters. The van der Waals surface area contributed by atoms with Crippen LogP contribution in [0.2, 0.25) is 0 Å². The third-order valence-corrected chi connectivity index (χ3v) is 15.1. The monoisotopic (exact) mass is 1290 g/mol. The van der Waals surface area contributed by atoms with Gasteiger partial charge in [-0.25, -0.2) is 4.79 Å². The molecule has 9 nitrogen and oxygen atoms in total. The van der Waals surface area contributed by atoms with Crippen molar-refractivity contribution in [3.05, 3.63) is 182 Å². The fourth-order valence-electron chi connectivity index (χ4n) is 9.53. The first-order chi connectivity index (χ1) is 45.6. The number of allylic oxidation sites excluding steroid dienone is 30. The van der Waals surface area contributed by atoms with Crippen LogP contribution in [-0.2, 0) is 33.3 Å². The number of quaternary nitrogens is 1. The van der Waals surface area contributed by atoms with Crippen molar-refractivity contribution in [3.8, 4) is 0 Å². The molecule has 0 bridgehead atoms. The number of carbonyl (C=O) groups excluding carboxylic acids is 2. The Morgan fingerprint density at radius 2 is 0.613 bits per heavy atom. The van der Waals surface area contributed by atoms with Crippen molar-refractivity contribution in [2.45, 2.75) is 283 Å². The van der Waals surface area contributed by atoms with E-state index in [0.29, 0.717) is 17.4 Å². The topological polar surface area (TPSA) is 108 Å². The summed E-state index contributed by atoms with van der Waals surface area (Å²) < 4.78 is 22.9. The van der Waals surface area contributed by atoms with Gasteiger partial charge in [-0.15, -0.1) is 0 Å². The molecule has 0 spiro atoms. The van der Waals surface area contributed by atoms with Crippen molar-refractivity contribution >= 4 is 17.9 Å². The Hall–Kier alpha value is -5.61. The Balaban J connectivity index is 4.25. The number of hydrogen-bond acceptors (Lipinski definition) is 7. The second kappa shape index (κ2) is 72.2. The van der Waals surface area contributed by atoms with Crippen LogP contribution >= 0.6 is 0 Å². The smallest absolute Gasteiger partial charge is 0.361 e. The summed E-state index contributed by atoms with van der Waals surface area (Å²) in [7, 11) is 5.95. The Labute approximate surface area is 570 Å². The molecule has 93 heavy (non-hydrogen) atoms. The molecule has 9 heteroatoms. The van der Waals surface area contributed by atoms with E-state index in [2.05, 4.69) is 196 Å². The Kier molecular flexibility index (Phi) is 67.9. The maximum Gasteiger partial charge on any atom is 0.361 e. The quantitative estimate of drug-likeness (QED) is 0.0211. The van der Waals surface area contributed by atoms with Crippen molar-refractivity contribution < 1.29 is 42.9 Å². The lowest BCUT2D eigenvalue weighted by Gasteiger charge is -2.25. The normalized spacial score (nSPS) is 13.8. The number of nitrogens with zero attached hydrogens (tertiary/aromatic N) is 1. The van der Waals surface area contributed by atoms with Crippen LogP contribution in [0.3, 0.4) is 0 Å². The van der Waals surface area contributed by atoms with Crippen LogP contribution in [-0.4, -0.2) is 87.4 Å². The van der Waals surface area contributed by atoms with E-state index in [-0.39, 0.29) is 38.6 Å². The SMILES string of the molecule is CC/C=C\C/C=C\C/C=C\C/C=C\C/C=C\C/C=C\C/C=C\C/C=C\C/C=C\C/C=C\C/C=C\C/C=C\CCCCC(=O)OC(COC(=O)CCCCCCCCCCCCCCCC/C=C\C/C=C\C/C=C\CCCCCCC)COC(OCC[N+](C)(C)C)C(=O)O. The molecule has 524 valence electrons. The molecule has 0 heterocycles. The molecule has 0 fully saturated rings. The van der Waals surface area contributed by atoms with Gasteiger partial charge in [0, 0.05) is 12.8 Å². The van der Waals surface area contributed by atoms with Gasteiger partial charge in [-0.3, -0.25) is 9.59 Å². The van der Waals surface area contributed by atoms with Gasteiger partial charge in [-0.2, -0.15) is 0 Å². The zero-order valence-electron chi connectivity index (χ0n) is 59.8. The van der Waals surface area contributed by atoms with Crippen molar-refractivity contribution in [1.29, 1.82) is 0 Å². The number of ether oxygens (including phenoxy) is 4. The second-order valence-electron chi connectivity index (χ2n) is 25.2. The van der Waals surface area contributed by atoms with E-state index in [1.54, 1.807) is 0 Å². The van der Waals surface area contributed by atoms with Crippen LogP contribution in [0.25, 0.3) is 0 Å². The summed E-state index contributed by atoms with van der Waals surface area (Å²) in [5.41, 5.74) is 0. The van der Waals surface area contributed by atoms with Crippen molar-refractivity contribution in [3.63, 3.8) is 0 Å². The maximum absolute atomic E-state index is 12.9. The minimum Gasteiger partial charge on any atom is -0.477 e. The molecule has 0 aliphatic heterocycles. The zero-order chi connectivity index (χ0) is 67.5. The first-order valence-corrected chi connectivity index (χ1v) is 36.9. The summed E-state index contributed by atoms with van der Waals surface area (Å²) in [4.78, 5) is 37.6. The largest absolute Gasteiger partial charge is 0.477 e. The molecule has 1 N–H and O–H groups in total. The van der Waals surface area contributed by atoms with Crippen LogP contribution in [0.5, 0.6) is 0 Å². The third-order valence-electron chi connectivity index (χ3n) is 15.1. The van der Waals surface area contributed by atoms with E-state index < -0.39 is 24.3 Å². The predicted octanol–water partition coefficient (Wildman–Crippen LogP) is 23.6. The predicted molar refractivity (Wildman–Crippen MR) is 400 cm³/mol. The van der Waals surface area contributed by atoms with E-state index in [9.17, 15) is 19.5 Å². The standard InChI is InChI=1S/C84H135NO8/c1-6-8-10-12-14-16-18-20-22-24-26-28-30-32-34-36-37-38-39-40-41-42-43-44-45-47-49-51-53-55-57-59-61-63-65-67-69-71-73-75-82(87)93-80(79-92-84(83(88)89)90-77-76-85(3,4)5)78-91-81(86)74-72-70-68-66-64-62-60-58-56-54-52-50-48-46-35-33-31-29-27-25-23-21-19-17-15-13-11-9-7-2/h8,10,14,16,19-22,25-28,31-34,37-38,40-41,43-44,47,49,53,55,59,61,65,67,80,84H,6-7,9,11-13,15,17-18,23-24,29-30,35-36,39,42,45-46,48,50-52,54,56-58,60,62-64,66,68-79H2,1-5H3/p+1/b10-8-,16-14-,21-19-,22-20-,27-25-,28-26-,33-31-,34-32-,38-37-,41-40-,44-43-,49-47-,55-53-,61-59-,67-65-. The van der Waals surface area contributed by atoms with Crippen LogP contribution in [0.4, 0.5) is 0 Å². The molecule has 0 aromatic rings. The molecular formula is C84H136NO8+. The first-order valence-electron chi connectivity index (χ1n) is 36.9. The number of aliphatic carboxylic acids is 1. The summed E-state index contributed by atoms with van der Waals surface area (Å²) >= 11 is 0. The van der Waals surface area contributed by atoms with Crippen molar-refractivity contribution in [2.75, 3.05) is 47.5 Å². The molecule has 0 saturated heterocycles.